The molecule has 2 N–H and O–H groups in total. The van der Waals surface area contributed by atoms with Crippen molar-refractivity contribution in [2.45, 2.75) is 38.5 Å². The molecule has 0 spiro atoms. The van der Waals surface area contributed by atoms with Crippen molar-refractivity contribution in [3.8, 4) is 0 Å². The number of halogens is 1. The summed E-state index contributed by atoms with van der Waals surface area (Å²) >= 11 is 1.23. The van der Waals surface area contributed by atoms with Crippen molar-refractivity contribution in [1.82, 2.24) is 20.1 Å². The van der Waals surface area contributed by atoms with E-state index in [0.29, 0.717) is 17.5 Å². The van der Waals surface area contributed by atoms with Crippen LogP contribution in [0.5, 0.6) is 0 Å². The van der Waals surface area contributed by atoms with Crippen molar-refractivity contribution >= 4 is 29.3 Å². The molecule has 9 heteroatoms. The molecule has 0 aliphatic heterocycles. The van der Waals surface area contributed by atoms with Gasteiger partial charge in [-0.2, -0.15) is 0 Å². The number of aromatic nitrogens is 3. The average Bonchev–Trinajstić information content (AvgIpc) is 3.18. The average molecular weight is 468 g/mol. The largest absolute Gasteiger partial charge is 0.342 e. The molecule has 0 aliphatic rings. The number of nitrogens with zero attached hydrogens (tertiary/aromatic N) is 3. The second kappa shape index (κ2) is 10.9. The molecule has 0 fully saturated rings. The van der Waals surface area contributed by atoms with Crippen LogP contribution in [0.15, 0.2) is 60.3 Å². The molecule has 0 radical (unpaired) electrons. The highest BCUT2D eigenvalue weighted by molar-refractivity contribution is 7.99. The summed E-state index contributed by atoms with van der Waals surface area (Å²) in [6.45, 7) is 9.90. The number of benzene rings is 2. The Morgan fingerprint density at radius 3 is 2.64 bits per heavy atom. The zero-order chi connectivity index (χ0) is 24.0. The summed E-state index contributed by atoms with van der Waals surface area (Å²) in [5, 5.41) is 14.5. The number of allylic oxidation sites excluding steroid dienone is 1. The van der Waals surface area contributed by atoms with Gasteiger partial charge < -0.3 is 15.2 Å². The highest BCUT2D eigenvalue weighted by atomic mass is 32.2. The van der Waals surface area contributed by atoms with Crippen LogP contribution in [-0.2, 0) is 11.3 Å². The normalized spacial score (nSPS) is 11.6. The summed E-state index contributed by atoms with van der Waals surface area (Å²) < 4.78 is 15.7. The Balaban J connectivity index is 1.67. The Morgan fingerprint density at radius 2 is 1.94 bits per heavy atom. The molecule has 0 unspecified atom stereocenters. The van der Waals surface area contributed by atoms with Crippen LogP contribution in [-0.4, -0.2) is 32.3 Å². The lowest BCUT2D eigenvalue weighted by molar-refractivity contribution is -0.113. The summed E-state index contributed by atoms with van der Waals surface area (Å²) in [7, 11) is 0. The van der Waals surface area contributed by atoms with Crippen LogP contribution in [0.1, 0.15) is 40.3 Å². The first kappa shape index (κ1) is 24.2. The van der Waals surface area contributed by atoms with Crippen LogP contribution in [0, 0.1) is 19.7 Å². The van der Waals surface area contributed by atoms with Crippen LogP contribution in [0.2, 0.25) is 0 Å². The van der Waals surface area contributed by atoms with Gasteiger partial charge in [-0.3, -0.25) is 9.59 Å². The monoisotopic (exact) mass is 467 g/mol. The summed E-state index contributed by atoms with van der Waals surface area (Å²) in [6, 6.07) is 11.0. The Hall–Kier alpha value is -3.46. The van der Waals surface area contributed by atoms with Gasteiger partial charge in [-0.15, -0.1) is 16.8 Å². The lowest BCUT2D eigenvalue weighted by atomic mass is 10.1. The second-order valence-electron chi connectivity index (χ2n) is 7.55. The zero-order valence-electron chi connectivity index (χ0n) is 18.8. The zero-order valence-corrected chi connectivity index (χ0v) is 19.6. The van der Waals surface area contributed by atoms with E-state index in [4.69, 9.17) is 0 Å². The van der Waals surface area contributed by atoms with Crippen LogP contribution in [0.25, 0.3) is 0 Å². The van der Waals surface area contributed by atoms with Crippen molar-refractivity contribution in [2.75, 3.05) is 11.1 Å². The maximum atomic E-state index is 13.9. The minimum atomic E-state index is -0.596. The van der Waals surface area contributed by atoms with E-state index in [1.165, 1.54) is 30.0 Å². The smallest absolute Gasteiger partial charge is 0.254 e. The van der Waals surface area contributed by atoms with Gasteiger partial charge in [0.2, 0.25) is 5.91 Å². The molecule has 33 heavy (non-hydrogen) atoms. The van der Waals surface area contributed by atoms with Crippen molar-refractivity contribution in [1.29, 1.82) is 0 Å². The minimum absolute atomic E-state index is 0.0447. The maximum absolute atomic E-state index is 13.9. The van der Waals surface area contributed by atoms with Crippen LogP contribution < -0.4 is 10.6 Å². The molecule has 0 bridgehead atoms. The minimum Gasteiger partial charge on any atom is -0.342 e. The van der Waals surface area contributed by atoms with Gasteiger partial charge in [-0.05, 0) is 56.2 Å². The highest BCUT2D eigenvalue weighted by Crippen LogP contribution is 2.22. The quantitative estimate of drug-likeness (QED) is 0.359. The number of hydrogen-bond donors (Lipinski definition) is 2. The second-order valence-corrected chi connectivity index (χ2v) is 8.49. The summed E-state index contributed by atoms with van der Waals surface area (Å²) in [6.07, 6.45) is 1.68. The first-order valence-electron chi connectivity index (χ1n) is 10.4. The van der Waals surface area contributed by atoms with E-state index < -0.39 is 17.8 Å². The number of thioether (sulfide) groups is 1. The number of carbonyl (C=O) groups excluding carboxylic acids is 2. The van der Waals surface area contributed by atoms with E-state index in [9.17, 15) is 14.0 Å². The number of hydrogen-bond acceptors (Lipinski definition) is 5. The summed E-state index contributed by atoms with van der Waals surface area (Å²) in [5.41, 5.74) is 2.95. The topological polar surface area (TPSA) is 88.9 Å². The number of carbonyl (C=O) groups is 2. The van der Waals surface area contributed by atoms with E-state index in [1.807, 2.05) is 32.0 Å². The molecule has 0 saturated heterocycles. The van der Waals surface area contributed by atoms with Crippen molar-refractivity contribution in [2.24, 2.45) is 0 Å². The molecule has 1 atom stereocenters. The fraction of sp³-hybridized carbons (Fsp3) is 0.250. The summed E-state index contributed by atoms with van der Waals surface area (Å²) in [5.74, 6) is -0.690. The highest BCUT2D eigenvalue weighted by Gasteiger charge is 2.21. The molecule has 2 amide bonds. The predicted octanol–water partition coefficient (Wildman–Crippen LogP) is 4.44. The van der Waals surface area contributed by atoms with Gasteiger partial charge in [0.1, 0.15) is 5.82 Å². The van der Waals surface area contributed by atoms with Gasteiger partial charge in [0, 0.05) is 12.2 Å². The maximum Gasteiger partial charge on any atom is 0.254 e. The van der Waals surface area contributed by atoms with E-state index in [-0.39, 0.29) is 17.2 Å². The Kier molecular flexibility index (Phi) is 8.00. The van der Waals surface area contributed by atoms with Crippen molar-refractivity contribution in [3.63, 3.8) is 0 Å². The molecular formula is C24H26FN5O2S. The SMILES string of the molecule is C=CCn1c(SCC(=O)Nc2ccc(C)c(C)c2)nnc1[C@@H](C)NC(=O)c1ccccc1F. The molecule has 1 heterocycles. The molecule has 3 aromatic rings. The molecule has 1 aromatic heterocycles. The van der Waals surface area contributed by atoms with Crippen molar-refractivity contribution < 1.29 is 14.0 Å². The lowest BCUT2D eigenvalue weighted by Crippen LogP contribution is -2.29. The summed E-state index contributed by atoms with van der Waals surface area (Å²) in [4.78, 5) is 24.9. The van der Waals surface area contributed by atoms with E-state index >= 15 is 0 Å². The molecule has 2 aromatic carbocycles. The molecule has 3 rings (SSSR count). The van der Waals surface area contributed by atoms with Crippen molar-refractivity contribution in [3.05, 3.63) is 83.5 Å². The molecule has 0 saturated carbocycles. The Bertz CT molecular complexity index is 1180. The van der Waals surface area contributed by atoms with Gasteiger partial charge >= 0.3 is 0 Å². The third-order valence-corrected chi connectivity index (χ3v) is 6.00. The first-order valence-corrected chi connectivity index (χ1v) is 11.4. The van der Waals surface area contributed by atoms with E-state index in [0.717, 1.165) is 16.8 Å². The Morgan fingerprint density at radius 1 is 1.18 bits per heavy atom. The molecule has 172 valence electrons. The standard InChI is InChI=1S/C24H26FN5O2S/c1-5-12-30-22(17(4)26-23(32)19-8-6-7-9-20(19)25)28-29-24(30)33-14-21(31)27-18-11-10-15(2)16(3)13-18/h5-11,13,17H,1,12,14H2,2-4H3,(H,26,32)(H,27,31)/t17-/m1/s1. The van der Waals surface area contributed by atoms with Crippen LogP contribution in [0.4, 0.5) is 10.1 Å². The fourth-order valence-electron chi connectivity index (χ4n) is 3.16. The number of rotatable bonds is 9. The number of aryl methyl sites for hydroxylation is 2. The fourth-order valence-corrected chi connectivity index (χ4v) is 3.91. The number of anilines is 1. The van der Waals surface area contributed by atoms with Crippen LogP contribution in [0.3, 0.4) is 0 Å². The van der Waals surface area contributed by atoms with E-state index in [2.05, 4.69) is 27.4 Å². The molecule has 0 aliphatic carbocycles. The van der Waals surface area contributed by atoms with Gasteiger partial charge in [0.25, 0.3) is 5.91 Å². The first-order chi connectivity index (χ1) is 15.8. The lowest BCUT2D eigenvalue weighted by Gasteiger charge is -2.15. The third-order valence-electron chi connectivity index (χ3n) is 5.03. The number of amides is 2. The van der Waals surface area contributed by atoms with E-state index in [1.54, 1.807) is 23.6 Å². The van der Waals surface area contributed by atoms with Gasteiger partial charge in [-0.25, -0.2) is 4.39 Å². The van der Waals surface area contributed by atoms with Gasteiger partial charge in [0.15, 0.2) is 11.0 Å². The van der Waals surface area contributed by atoms with Crippen LogP contribution >= 0.6 is 11.8 Å². The number of nitrogens with one attached hydrogen (secondary N) is 2. The van der Waals surface area contributed by atoms with Gasteiger partial charge in [-0.1, -0.05) is 36.0 Å². The third kappa shape index (κ3) is 6.07. The predicted molar refractivity (Wildman–Crippen MR) is 128 cm³/mol. The molecular weight excluding hydrogens is 441 g/mol. The molecule has 7 nitrogen and oxygen atoms in total. The Labute approximate surface area is 196 Å². The van der Waals surface area contributed by atoms with Gasteiger partial charge in [0.05, 0.1) is 17.4 Å².